The minimum atomic E-state index is -0.226. The van der Waals surface area contributed by atoms with Crippen LogP contribution in [0.4, 0.5) is 4.39 Å². The number of amides is 2. The van der Waals surface area contributed by atoms with Crippen LogP contribution in [-0.2, 0) is 9.59 Å². The fraction of sp³-hybridized carbons (Fsp3) is 0.600. The van der Waals surface area contributed by atoms with Gasteiger partial charge in [0.05, 0.1) is 0 Å². The predicted molar refractivity (Wildman–Crippen MR) is 101 cm³/mol. The number of likely N-dealkylation sites (tertiary alicyclic amines) is 1. The van der Waals surface area contributed by atoms with Crippen LogP contribution < -0.4 is 10.9 Å². The summed E-state index contributed by atoms with van der Waals surface area (Å²) in [6, 6.07) is 6.90. The Bertz CT molecular complexity index is 664. The van der Waals surface area contributed by atoms with Crippen molar-refractivity contribution in [3.05, 3.63) is 35.6 Å². The van der Waals surface area contributed by atoms with Gasteiger partial charge < -0.3 is 9.80 Å². The SMILES string of the molecule is CN(C)C(=O)CCC(=O)N1CCCC(C2NNCC2c2ccc(F)cc2)C1. The second-order valence-electron chi connectivity index (χ2n) is 7.74. The van der Waals surface area contributed by atoms with Gasteiger partial charge >= 0.3 is 0 Å². The van der Waals surface area contributed by atoms with E-state index in [1.54, 1.807) is 14.1 Å². The maximum Gasteiger partial charge on any atom is 0.223 e. The Morgan fingerprint density at radius 1 is 1.22 bits per heavy atom. The molecule has 3 atom stereocenters. The summed E-state index contributed by atoms with van der Waals surface area (Å²) in [4.78, 5) is 27.7. The first kappa shape index (κ1) is 19.8. The van der Waals surface area contributed by atoms with E-state index >= 15 is 0 Å². The smallest absolute Gasteiger partial charge is 0.223 e. The van der Waals surface area contributed by atoms with E-state index in [-0.39, 0.29) is 42.4 Å². The second-order valence-corrected chi connectivity index (χ2v) is 7.74. The van der Waals surface area contributed by atoms with Gasteiger partial charge in [-0.3, -0.25) is 20.4 Å². The third-order valence-electron chi connectivity index (χ3n) is 5.69. The van der Waals surface area contributed by atoms with E-state index in [9.17, 15) is 14.0 Å². The molecule has 1 aromatic carbocycles. The number of nitrogens with one attached hydrogen (secondary N) is 2. The standard InChI is InChI=1S/C20H29FN4O2/c1-24(2)18(26)9-10-19(27)25-11-3-4-15(13-25)20-17(12-22-23-20)14-5-7-16(21)8-6-14/h5-8,15,17,20,22-23H,3-4,9-13H2,1-2H3. The van der Waals surface area contributed by atoms with E-state index < -0.39 is 0 Å². The third kappa shape index (κ3) is 4.84. The van der Waals surface area contributed by atoms with Crippen LogP contribution in [-0.4, -0.2) is 61.4 Å². The summed E-state index contributed by atoms with van der Waals surface area (Å²) in [6.45, 7) is 2.25. The average molecular weight is 376 g/mol. The Labute approximate surface area is 160 Å². The second kappa shape index (κ2) is 8.80. The van der Waals surface area contributed by atoms with Gasteiger partial charge in [-0.05, 0) is 36.5 Å². The number of carbonyl (C=O) groups excluding carboxylic acids is 2. The number of hydrogen-bond acceptors (Lipinski definition) is 4. The molecule has 3 rings (SSSR count). The Morgan fingerprint density at radius 3 is 2.67 bits per heavy atom. The normalized spacial score (nSPS) is 25.4. The van der Waals surface area contributed by atoms with Crippen LogP contribution in [0.2, 0.25) is 0 Å². The van der Waals surface area contributed by atoms with Crippen LogP contribution in [0.1, 0.15) is 37.2 Å². The van der Waals surface area contributed by atoms with Gasteiger partial charge in [0.25, 0.3) is 0 Å². The molecule has 7 heteroatoms. The quantitative estimate of drug-likeness (QED) is 0.817. The first-order chi connectivity index (χ1) is 13.0. The van der Waals surface area contributed by atoms with Crippen molar-refractivity contribution in [2.45, 2.75) is 37.6 Å². The molecule has 0 spiro atoms. The van der Waals surface area contributed by atoms with Crippen molar-refractivity contribution in [2.24, 2.45) is 5.92 Å². The summed E-state index contributed by atoms with van der Waals surface area (Å²) in [6.07, 6.45) is 2.54. The highest BCUT2D eigenvalue weighted by molar-refractivity contribution is 5.83. The van der Waals surface area contributed by atoms with Crippen LogP contribution in [0.25, 0.3) is 0 Å². The number of hydrogen-bond donors (Lipinski definition) is 2. The van der Waals surface area contributed by atoms with Gasteiger partial charge in [0.1, 0.15) is 5.82 Å². The van der Waals surface area contributed by atoms with Gasteiger partial charge in [-0.25, -0.2) is 4.39 Å². The summed E-state index contributed by atoms with van der Waals surface area (Å²) in [5.74, 6) is 0.392. The summed E-state index contributed by atoms with van der Waals surface area (Å²) in [7, 11) is 3.41. The first-order valence-electron chi connectivity index (χ1n) is 9.67. The number of rotatable bonds is 5. The lowest BCUT2D eigenvalue weighted by molar-refractivity contribution is -0.137. The fourth-order valence-corrected chi connectivity index (χ4v) is 4.12. The molecule has 148 valence electrons. The Hall–Kier alpha value is -1.99. The average Bonchev–Trinajstić information content (AvgIpc) is 3.16. The van der Waals surface area contributed by atoms with Gasteiger partial charge in [0, 0.05) is 58.5 Å². The number of benzene rings is 1. The van der Waals surface area contributed by atoms with Crippen molar-refractivity contribution >= 4 is 11.8 Å². The zero-order chi connectivity index (χ0) is 19.4. The highest BCUT2D eigenvalue weighted by Crippen LogP contribution is 2.32. The Balaban J connectivity index is 1.60. The molecular formula is C20H29FN4O2. The van der Waals surface area contributed by atoms with Crippen molar-refractivity contribution in [1.29, 1.82) is 0 Å². The molecule has 1 aromatic rings. The molecule has 3 unspecified atom stereocenters. The summed E-state index contributed by atoms with van der Waals surface area (Å²) in [5.41, 5.74) is 7.71. The van der Waals surface area contributed by atoms with Gasteiger partial charge in [-0.15, -0.1) is 0 Å². The molecule has 27 heavy (non-hydrogen) atoms. The van der Waals surface area contributed by atoms with Crippen LogP contribution in [0.3, 0.4) is 0 Å². The number of nitrogens with zero attached hydrogens (tertiary/aromatic N) is 2. The Morgan fingerprint density at radius 2 is 1.96 bits per heavy atom. The van der Waals surface area contributed by atoms with E-state index in [1.165, 1.54) is 17.0 Å². The van der Waals surface area contributed by atoms with E-state index in [2.05, 4.69) is 10.9 Å². The molecule has 0 bridgehead atoms. The molecule has 0 radical (unpaired) electrons. The molecule has 6 nitrogen and oxygen atoms in total. The van der Waals surface area contributed by atoms with E-state index in [1.807, 2.05) is 17.0 Å². The topological polar surface area (TPSA) is 64.7 Å². The predicted octanol–water partition coefficient (Wildman–Crippen LogP) is 1.49. The highest BCUT2D eigenvalue weighted by atomic mass is 19.1. The zero-order valence-corrected chi connectivity index (χ0v) is 16.1. The molecule has 0 aliphatic carbocycles. The molecule has 0 aromatic heterocycles. The van der Waals surface area contributed by atoms with Crippen molar-refractivity contribution in [3.63, 3.8) is 0 Å². The van der Waals surface area contributed by atoms with Crippen LogP contribution in [0, 0.1) is 11.7 Å². The molecule has 2 aliphatic rings. The van der Waals surface area contributed by atoms with Crippen LogP contribution in [0.5, 0.6) is 0 Å². The van der Waals surface area contributed by atoms with Gasteiger partial charge in [0.2, 0.25) is 11.8 Å². The van der Waals surface area contributed by atoms with Crippen molar-refractivity contribution in [1.82, 2.24) is 20.7 Å². The van der Waals surface area contributed by atoms with Crippen LogP contribution in [0.15, 0.2) is 24.3 Å². The van der Waals surface area contributed by atoms with E-state index in [0.29, 0.717) is 12.5 Å². The monoisotopic (exact) mass is 376 g/mol. The lowest BCUT2D eigenvalue weighted by atomic mass is 9.81. The maximum atomic E-state index is 13.2. The molecule has 0 saturated carbocycles. The van der Waals surface area contributed by atoms with Gasteiger partial charge in [0.15, 0.2) is 0 Å². The molecule has 2 aliphatic heterocycles. The lowest BCUT2D eigenvalue weighted by Gasteiger charge is -2.37. The number of piperidine rings is 1. The van der Waals surface area contributed by atoms with E-state index in [0.717, 1.165) is 31.5 Å². The lowest BCUT2D eigenvalue weighted by Crippen LogP contribution is -2.48. The molecule has 2 amide bonds. The van der Waals surface area contributed by atoms with Gasteiger partial charge in [-0.1, -0.05) is 12.1 Å². The Kier molecular flexibility index (Phi) is 6.44. The molecule has 2 fully saturated rings. The summed E-state index contributed by atoms with van der Waals surface area (Å²) >= 11 is 0. The van der Waals surface area contributed by atoms with E-state index in [4.69, 9.17) is 0 Å². The molecule has 2 N–H and O–H groups in total. The van der Waals surface area contributed by atoms with Crippen molar-refractivity contribution < 1.29 is 14.0 Å². The number of halogens is 1. The molecule has 2 heterocycles. The van der Waals surface area contributed by atoms with Crippen molar-refractivity contribution in [3.8, 4) is 0 Å². The maximum absolute atomic E-state index is 13.2. The van der Waals surface area contributed by atoms with Crippen LogP contribution >= 0.6 is 0 Å². The molecular weight excluding hydrogens is 347 g/mol. The highest BCUT2D eigenvalue weighted by Gasteiger charge is 2.37. The minimum absolute atomic E-state index is 0.0186. The summed E-state index contributed by atoms with van der Waals surface area (Å²) in [5, 5.41) is 0. The number of carbonyl (C=O) groups is 2. The largest absolute Gasteiger partial charge is 0.349 e. The van der Waals surface area contributed by atoms with Gasteiger partial charge in [-0.2, -0.15) is 0 Å². The fourth-order valence-electron chi connectivity index (χ4n) is 4.12. The number of hydrazine groups is 1. The zero-order valence-electron chi connectivity index (χ0n) is 16.1. The third-order valence-corrected chi connectivity index (χ3v) is 5.69. The first-order valence-corrected chi connectivity index (χ1v) is 9.67. The summed E-state index contributed by atoms with van der Waals surface area (Å²) < 4.78 is 13.2. The minimum Gasteiger partial charge on any atom is -0.349 e. The van der Waals surface area contributed by atoms with Crippen molar-refractivity contribution in [2.75, 3.05) is 33.7 Å². The molecule has 2 saturated heterocycles.